The molecule has 4 rings (SSSR count). The number of hydrogen-bond donors (Lipinski definition) is 3. The van der Waals surface area contributed by atoms with Crippen molar-refractivity contribution in [1.29, 1.82) is 0 Å². The van der Waals surface area contributed by atoms with Crippen molar-refractivity contribution in [3.05, 3.63) is 66.2 Å². The Hall–Kier alpha value is -3.85. The van der Waals surface area contributed by atoms with E-state index in [1.807, 2.05) is 6.07 Å². The van der Waals surface area contributed by atoms with Crippen LogP contribution < -0.4 is 10.6 Å². The summed E-state index contributed by atoms with van der Waals surface area (Å²) in [5.41, 5.74) is 3.95. The molecule has 31 heavy (non-hydrogen) atoms. The fourth-order valence-electron chi connectivity index (χ4n) is 3.21. The Bertz CT molecular complexity index is 1260. The van der Waals surface area contributed by atoms with Crippen LogP contribution in [0.4, 0.5) is 15.0 Å². The number of fused-ring (bicyclic) bond motifs is 1. The molecule has 0 aliphatic heterocycles. The van der Waals surface area contributed by atoms with Gasteiger partial charge in [-0.05, 0) is 61.9 Å². The first-order chi connectivity index (χ1) is 15.0. The van der Waals surface area contributed by atoms with Gasteiger partial charge in [0.15, 0.2) is 5.65 Å². The molecule has 3 heterocycles. The average Bonchev–Trinajstić information content (AvgIpc) is 3.15. The van der Waals surface area contributed by atoms with Gasteiger partial charge < -0.3 is 10.4 Å². The molecule has 1 atom stereocenters. The summed E-state index contributed by atoms with van der Waals surface area (Å²) in [4.78, 5) is 21.0. The van der Waals surface area contributed by atoms with E-state index in [9.17, 15) is 9.18 Å². The SMILES string of the molecule is Cc1cc(-c2nc3cccnn3c2-c2ccnc(NC(=O)NC(C)CO)c2)ccc1F. The van der Waals surface area contributed by atoms with Crippen LogP contribution in [0.5, 0.6) is 0 Å². The summed E-state index contributed by atoms with van der Waals surface area (Å²) in [7, 11) is 0. The Morgan fingerprint density at radius 3 is 2.81 bits per heavy atom. The van der Waals surface area contributed by atoms with E-state index in [-0.39, 0.29) is 18.5 Å². The van der Waals surface area contributed by atoms with Crippen molar-refractivity contribution >= 4 is 17.5 Å². The molecule has 0 spiro atoms. The number of carbonyl (C=O) groups is 1. The number of pyridine rings is 1. The van der Waals surface area contributed by atoms with Gasteiger partial charge in [-0.1, -0.05) is 0 Å². The number of imidazole rings is 1. The first-order valence-electron chi connectivity index (χ1n) is 9.71. The third kappa shape index (κ3) is 4.22. The van der Waals surface area contributed by atoms with Gasteiger partial charge in [-0.2, -0.15) is 5.10 Å². The molecule has 0 fully saturated rings. The lowest BCUT2D eigenvalue weighted by molar-refractivity contribution is 0.229. The van der Waals surface area contributed by atoms with Gasteiger partial charge in [0, 0.05) is 23.5 Å². The molecule has 158 valence electrons. The van der Waals surface area contributed by atoms with Gasteiger partial charge in [-0.25, -0.2) is 23.7 Å². The number of aromatic nitrogens is 4. The summed E-state index contributed by atoms with van der Waals surface area (Å²) in [6.07, 6.45) is 3.23. The molecule has 2 amide bonds. The molecule has 1 unspecified atom stereocenters. The van der Waals surface area contributed by atoms with Crippen LogP contribution >= 0.6 is 0 Å². The number of urea groups is 1. The van der Waals surface area contributed by atoms with Crippen LogP contribution in [-0.2, 0) is 0 Å². The van der Waals surface area contributed by atoms with Crippen LogP contribution in [-0.4, -0.2) is 43.4 Å². The average molecular weight is 420 g/mol. The van der Waals surface area contributed by atoms with Crippen LogP contribution in [0, 0.1) is 12.7 Å². The predicted octanol–water partition coefficient (Wildman–Crippen LogP) is 3.41. The number of amides is 2. The van der Waals surface area contributed by atoms with Gasteiger partial charge in [-0.15, -0.1) is 0 Å². The Labute approximate surface area is 177 Å². The van der Waals surface area contributed by atoms with Crippen molar-refractivity contribution < 1.29 is 14.3 Å². The second-order valence-electron chi connectivity index (χ2n) is 7.18. The lowest BCUT2D eigenvalue weighted by Crippen LogP contribution is -2.38. The van der Waals surface area contributed by atoms with E-state index in [1.54, 1.807) is 61.1 Å². The zero-order chi connectivity index (χ0) is 22.0. The summed E-state index contributed by atoms with van der Waals surface area (Å²) in [6.45, 7) is 3.21. The highest BCUT2D eigenvalue weighted by Gasteiger charge is 2.18. The van der Waals surface area contributed by atoms with Gasteiger partial charge in [0.25, 0.3) is 0 Å². The van der Waals surface area contributed by atoms with E-state index in [1.165, 1.54) is 6.07 Å². The van der Waals surface area contributed by atoms with Crippen LogP contribution in [0.15, 0.2) is 54.9 Å². The van der Waals surface area contributed by atoms with Crippen molar-refractivity contribution in [1.82, 2.24) is 24.9 Å². The largest absolute Gasteiger partial charge is 0.394 e. The van der Waals surface area contributed by atoms with Crippen molar-refractivity contribution in [2.24, 2.45) is 0 Å². The van der Waals surface area contributed by atoms with Crippen molar-refractivity contribution in [3.63, 3.8) is 0 Å². The molecular formula is C22H21FN6O2. The Kier molecular flexibility index (Phi) is 5.59. The maximum Gasteiger partial charge on any atom is 0.320 e. The van der Waals surface area contributed by atoms with E-state index in [4.69, 9.17) is 10.1 Å². The van der Waals surface area contributed by atoms with Crippen LogP contribution in [0.3, 0.4) is 0 Å². The summed E-state index contributed by atoms with van der Waals surface area (Å²) < 4.78 is 15.5. The van der Waals surface area contributed by atoms with E-state index >= 15 is 0 Å². The minimum Gasteiger partial charge on any atom is -0.394 e. The number of nitrogens with zero attached hydrogens (tertiary/aromatic N) is 4. The maximum atomic E-state index is 13.8. The summed E-state index contributed by atoms with van der Waals surface area (Å²) in [5, 5.41) is 18.8. The molecule has 1 aromatic carbocycles. The van der Waals surface area contributed by atoms with Crippen LogP contribution in [0.1, 0.15) is 12.5 Å². The second kappa shape index (κ2) is 8.49. The number of carbonyl (C=O) groups excluding carboxylic acids is 1. The Balaban J connectivity index is 1.79. The molecule has 0 aliphatic carbocycles. The molecule has 3 N–H and O–H groups in total. The topological polar surface area (TPSA) is 104 Å². The highest BCUT2D eigenvalue weighted by molar-refractivity contribution is 5.90. The van der Waals surface area contributed by atoms with Gasteiger partial charge in [0.1, 0.15) is 17.3 Å². The maximum absolute atomic E-state index is 13.8. The number of halogens is 1. The van der Waals surface area contributed by atoms with Crippen LogP contribution in [0.25, 0.3) is 28.2 Å². The quantitative estimate of drug-likeness (QED) is 0.459. The molecule has 9 heteroatoms. The fourth-order valence-corrected chi connectivity index (χ4v) is 3.21. The first-order valence-corrected chi connectivity index (χ1v) is 9.71. The predicted molar refractivity (Wildman–Crippen MR) is 115 cm³/mol. The highest BCUT2D eigenvalue weighted by Crippen LogP contribution is 2.33. The van der Waals surface area contributed by atoms with E-state index in [0.29, 0.717) is 28.4 Å². The molecule has 3 aromatic heterocycles. The Morgan fingerprint density at radius 2 is 2.03 bits per heavy atom. The van der Waals surface area contributed by atoms with Gasteiger partial charge in [0.05, 0.1) is 18.3 Å². The van der Waals surface area contributed by atoms with Crippen molar-refractivity contribution in [2.75, 3.05) is 11.9 Å². The molecule has 0 aliphatic rings. The van der Waals surface area contributed by atoms with Crippen LogP contribution in [0.2, 0.25) is 0 Å². The minimum atomic E-state index is -0.475. The molecule has 4 aromatic rings. The van der Waals surface area contributed by atoms with E-state index in [0.717, 1.165) is 11.1 Å². The monoisotopic (exact) mass is 420 g/mol. The number of hydrogen-bond acceptors (Lipinski definition) is 5. The number of aliphatic hydroxyl groups is 1. The first kappa shape index (κ1) is 20.4. The molecular weight excluding hydrogens is 399 g/mol. The Morgan fingerprint density at radius 1 is 1.19 bits per heavy atom. The normalized spacial score (nSPS) is 12.0. The van der Waals surface area contributed by atoms with E-state index in [2.05, 4.69) is 20.7 Å². The molecule has 8 nitrogen and oxygen atoms in total. The van der Waals surface area contributed by atoms with Crippen molar-refractivity contribution in [2.45, 2.75) is 19.9 Å². The highest BCUT2D eigenvalue weighted by atomic mass is 19.1. The smallest absolute Gasteiger partial charge is 0.320 e. The van der Waals surface area contributed by atoms with Gasteiger partial charge in [0.2, 0.25) is 0 Å². The molecule has 0 saturated carbocycles. The number of rotatable bonds is 5. The number of aliphatic hydroxyl groups excluding tert-OH is 1. The minimum absolute atomic E-state index is 0.172. The third-order valence-electron chi connectivity index (χ3n) is 4.75. The summed E-state index contributed by atoms with van der Waals surface area (Å²) >= 11 is 0. The van der Waals surface area contributed by atoms with E-state index < -0.39 is 6.03 Å². The lowest BCUT2D eigenvalue weighted by Gasteiger charge is -2.12. The number of aryl methyl sites for hydroxylation is 1. The lowest BCUT2D eigenvalue weighted by atomic mass is 10.0. The van der Waals surface area contributed by atoms with Crippen molar-refractivity contribution in [3.8, 4) is 22.5 Å². The molecule has 0 radical (unpaired) electrons. The summed E-state index contributed by atoms with van der Waals surface area (Å²) in [5.74, 6) is 0.0398. The molecule has 0 saturated heterocycles. The fraction of sp³-hybridized carbons (Fsp3) is 0.182. The zero-order valence-electron chi connectivity index (χ0n) is 17.0. The van der Waals surface area contributed by atoms with Gasteiger partial charge in [-0.3, -0.25) is 5.32 Å². The van der Waals surface area contributed by atoms with Gasteiger partial charge >= 0.3 is 6.03 Å². The third-order valence-corrected chi connectivity index (χ3v) is 4.75. The zero-order valence-corrected chi connectivity index (χ0v) is 17.0. The second-order valence-corrected chi connectivity index (χ2v) is 7.18. The standard InChI is InChI=1S/C22H21FN6O2/c1-13-10-15(5-6-17(13)23)20-21(29-19(28-20)4-3-8-25-29)16-7-9-24-18(11-16)27-22(31)26-14(2)12-30/h3-11,14,30H,12H2,1-2H3,(H2,24,26,27,31). The molecule has 0 bridgehead atoms. The summed E-state index contributed by atoms with van der Waals surface area (Å²) in [6, 6.07) is 11.1. The number of nitrogens with one attached hydrogen (secondary N) is 2. The number of anilines is 1. The number of benzene rings is 1.